The quantitative estimate of drug-likeness (QED) is 0.478. The summed E-state index contributed by atoms with van der Waals surface area (Å²) >= 11 is 5.65. The van der Waals surface area contributed by atoms with Crippen LogP contribution in [0.15, 0.2) is 4.99 Å². The summed E-state index contributed by atoms with van der Waals surface area (Å²) in [4.78, 5) is 4.20. The van der Waals surface area contributed by atoms with Gasteiger partial charge in [0.1, 0.15) is 5.17 Å². The predicted molar refractivity (Wildman–Crippen MR) is 36.6 cm³/mol. The minimum absolute atomic E-state index is 0.122. The van der Waals surface area contributed by atoms with Gasteiger partial charge in [-0.15, -0.1) is 0 Å². The highest BCUT2D eigenvalue weighted by atomic mass is 35.5. The summed E-state index contributed by atoms with van der Waals surface area (Å²) in [5, 5.41) is 0.787. The van der Waals surface area contributed by atoms with Crippen molar-refractivity contribution in [1.82, 2.24) is 0 Å². The highest BCUT2D eigenvalue weighted by Gasteiger charge is 2.22. The number of rotatable bonds is 0. The van der Waals surface area contributed by atoms with Gasteiger partial charge in [0.2, 0.25) is 0 Å². The van der Waals surface area contributed by atoms with Gasteiger partial charge in [0.05, 0.1) is 5.54 Å². The maximum Gasteiger partial charge on any atom is 0.101 e. The molecule has 0 N–H and O–H groups in total. The molecule has 0 radical (unpaired) electrons. The second kappa shape index (κ2) is 1.73. The van der Waals surface area contributed by atoms with E-state index in [1.165, 1.54) is 0 Å². The summed E-state index contributed by atoms with van der Waals surface area (Å²) in [6.45, 7) is 4.20. The van der Waals surface area contributed by atoms with E-state index >= 15 is 0 Å². The van der Waals surface area contributed by atoms with Crippen LogP contribution in [0.5, 0.6) is 0 Å². The fourth-order valence-corrected chi connectivity index (χ4v) is 1.17. The molecule has 0 aromatic heterocycles. The Hall–Kier alpha value is -0.0400. The molecule has 0 atom stereocenters. The summed E-state index contributed by atoms with van der Waals surface area (Å²) in [5.74, 6) is 0. The van der Waals surface area contributed by atoms with Crippen LogP contribution >= 0.6 is 11.6 Å². The largest absolute Gasteiger partial charge is 0.272 e. The van der Waals surface area contributed by atoms with E-state index in [1.807, 2.05) is 0 Å². The molecule has 1 aliphatic rings. The maximum atomic E-state index is 5.65. The van der Waals surface area contributed by atoms with Crippen molar-refractivity contribution >= 4 is 16.8 Å². The molecule has 2 heteroatoms. The lowest BCUT2D eigenvalue weighted by atomic mass is 10.0. The summed E-state index contributed by atoms with van der Waals surface area (Å²) < 4.78 is 0. The zero-order chi connectivity index (χ0) is 6.20. The molecule has 0 saturated carbocycles. The summed E-state index contributed by atoms with van der Waals surface area (Å²) in [7, 11) is 0. The first-order valence-corrected chi connectivity index (χ1v) is 3.22. The highest BCUT2D eigenvalue weighted by molar-refractivity contribution is 6.65. The van der Waals surface area contributed by atoms with Gasteiger partial charge >= 0.3 is 0 Å². The first kappa shape index (κ1) is 6.09. The van der Waals surface area contributed by atoms with Crippen LogP contribution in [0.1, 0.15) is 26.7 Å². The van der Waals surface area contributed by atoms with Crippen molar-refractivity contribution in [2.75, 3.05) is 0 Å². The van der Waals surface area contributed by atoms with Crippen molar-refractivity contribution in [3.05, 3.63) is 0 Å². The smallest absolute Gasteiger partial charge is 0.101 e. The van der Waals surface area contributed by atoms with E-state index in [0.717, 1.165) is 18.0 Å². The van der Waals surface area contributed by atoms with Gasteiger partial charge in [0, 0.05) is 6.42 Å². The van der Waals surface area contributed by atoms with Crippen molar-refractivity contribution in [1.29, 1.82) is 0 Å². The number of hydrogen-bond acceptors (Lipinski definition) is 1. The van der Waals surface area contributed by atoms with E-state index < -0.39 is 0 Å². The lowest BCUT2D eigenvalue weighted by Crippen LogP contribution is -2.10. The van der Waals surface area contributed by atoms with E-state index in [9.17, 15) is 0 Å². The molecule has 0 fully saturated rings. The third-order valence-electron chi connectivity index (χ3n) is 1.37. The fourth-order valence-electron chi connectivity index (χ4n) is 0.849. The van der Waals surface area contributed by atoms with Crippen LogP contribution in [-0.4, -0.2) is 10.7 Å². The summed E-state index contributed by atoms with van der Waals surface area (Å²) in [5.41, 5.74) is 0.122. The minimum atomic E-state index is 0.122. The Kier molecular flexibility index (Phi) is 1.31. The molecular weight excluding hydrogens is 122 g/mol. The Morgan fingerprint density at radius 1 is 1.62 bits per heavy atom. The van der Waals surface area contributed by atoms with Gasteiger partial charge in [0.25, 0.3) is 0 Å². The number of aliphatic imine (C=N–C) groups is 1. The molecular formula is C6H10ClN. The summed E-state index contributed by atoms with van der Waals surface area (Å²) in [6.07, 6.45) is 2.07. The predicted octanol–water partition coefficient (Wildman–Crippen LogP) is 2.20. The van der Waals surface area contributed by atoms with E-state index in [2.05, 4.69) is 18.8 Å². The van der Waals surface area contributed by atoms with Crippen LogP contribution in [0.4, 0.5) is 0 Å². The van der Waals surface area contributed by atoms with Gasteiger partial charge in [-0.05, 0) is 20.3 Å². The lowest BCUT2D eigenvalue weighted by Gasteiger charge is -2.10. The first-order valence-electron chi connectivity index (χ1n) is 2.84. The SMILES string of the molecule is CC1(C)CCC(Cl)=N1. The Bertz CT molecular complexity index is 126. The second-order valence-corrected chi connectivity index (χ2v) is 3.24. The molecule has 0 aromatic rings. The van der Waals surface area contributed by atoms with Crippen molar-refractivity contribution in [2.45, 2.75) is 32.2 Å². The molecule has 0 aliphatic carbocycles. The van der Waals surface area contributed by atoms with E-state index in [4.69, 9.17) is 11.6 Å². The molecule has 0 amide bonds. The Balaban J connectivity index is 2.67. The average molecular weight is 132 g/mol. The Labute approximate surface area is 54.8 Å². The second-order valence-electron chi connectivity index (χ2n) is 2.80. The molecule has 8 heavy (non-hydrogen) atoms. The zero-order valence-electron chi connectivity index (χ0n) is 5.24. The van der Waals surface area contributed by atoms with Crippen LogP contribution < -0.4 is 0 Å². The molecule has 1 rings (SSSR count). The van der Waals surface area contributed by atoms with E-state index in [-0.39, 0.29) is 5.54 Å². The van der Waals surface area contributed by atoms with Crippen molar-refractivity contribution in [3.8, 4) is 0 Å². The van der Waals surface area contributed by atoms with Gasteiger partial charge in [0.15, 0.2) is 0 Å². The zero-order valence-corrected chi connectivity index (χ0v) is 6.00. The average Bonchev–Trinajstić information content (AvgIpc) is 1.82. The van der Waals surface area contributed by atoms with Gasteiger partial charge in [-0.2, -0.15) is 0 Å². The topological polar surface area (TPSA) is 12.4 Å². The summed E-state index contributed by atoms with van der Waals surface area (Å²) in [6, 6.07) is 0. The maximum absolute atomic E-state index is 5.65. The fraction of sp³-hybridized carbons (Fsp3) is 0.833. The van der Waals surface area contributed by atoms with Crippen LogP contribution in [-0.2, 0) is 0 Å². The molecule has 0 aromatic carbocycles. The minimum Gasteiger partial charge on any atom is -0.272 e. The standard InChI is InChI=1S/C6H10ClN/c1-6(2)4-3-5(7)8-6/h3-4H2,1-2H3. The third-order valence-corrected chi connectivity index (χ3v) is 1.64. The number of nitrogens with zero attached hydrogens (tertiary/aromatic N) is 1. The molecule has 0 saturated heterocycles. The molecule has 1 nitrogen and oxygen atoms in total. The number of halogens is 1. The molecule has 1 aliphatic heterocycles. The van der Waals surface area contributed by atoms with Crippen molar-refractivity contribution < 1.29 is 0 Å². The van der Waals surface area contributed by atoms with Gasteiger partial charge in [-0.1, -0.05) is 11.6 Å². The van der Waals surface area contributed by atoms with Crippen LogP contribution in [0, 0.1) is 0 Å². The van der Waals surface area contributed by atoms with Crippen molar-refractivity contribution in [3.63, 3.8) is 0 Å². The first-order chi connectivity index (χ1) is 3.60. The van der Waals surface area contributed by atoms with Gasteiger partial charge < -0.3 is 0 Å². The van der Waals surface area contributed by atoms with Crippen molar-refractivity contribution in [2.24, 2.45) is 4.99 Å². The molecule has 0 bridgehead atoms. The number of hydrogen-bond donors (Lipinski definition) is 0. The Morgan fingerprint density at radius 2 is 2.25 bits per heavy atom. The van der Waals surface area contributed by atoms with Gasteiger partial charge in [-0.3, -0.25) is 4.99 Å². The van der Waals surface area contributed by atoms with E-state index in [1.54, 1.807) is 0 Å². The Morgan fingerprint density at radius 3 is 2.38 bits per heavy atom. The molecule has 1 heterocycles. The van der Waals surface area contributed by atoms with E-state index in [0.29, 0.717) is 0 Å². The normalized spacial score (nSPS) is 25.6. The molecule has 0 unspecified atom stereocenters. The third kappa shape index (κ3) is 1.22. The van der Waals surface area contributed by atoms with Crippen LogP contribution in [0.3, 0.4) is 0 Å². The monoisotopic (exact) mass is 131 g/mol. The molecule has 0 spiro atoms. The van der Waals surface area contributed by atoms with Crippen LogP contribution in [0.25, 0.3) is 0 Å². The highest BCUT2D eigenvalue weighted by Crippen LogP contribution is 2.25. The van der Waals surface area contributed by atoms with Gasteiger partial charge in [-0.25, -0.2) is 0 Å². The lowest BCUT2D eigenvalue weighted by molar-refractivity contribution is 0.522. The van der Waals surface area contributed by atoms with Crippen LogP contribution in [0.2, 0.25) is 0 Å². The molecule has 46 valence electrons.